The SMILES string of the molecule is CCCc1cc2ccccc2[s+]1C(F)(F)F.[Cl-]. The van der Waals surface area contributed by atoms with Gasteiger partial charge in [0.05, 0.1) is 10.5 Å². The highest BCUT2D eigenvalue weighted by molar-refractivity contribution is 7.38. The molecule has 0 aliphatic heterocycles. The number of benzene rings is 1. The summed E-state index contributed by atoms with van der Waals surface area (Å²) in [5.74, 6) is 0. The van der Waals surface area contributed by atoms with Crippen LogP contribution in [0.15, 0.2) is 30.3 Å². The molecule has 0 N–H and O–H groups in total. The summed E-state index contributed by atoms with van der Waals surface area (Å²) < 4.78 is 39.4. The van der Waals surface area contributed by atoms with Crippen molar-refractivity contribution >= 4 is 20.6 Å². The van der Waals surface area contributed by atoms with Crippen molar-refractivity contribution in [3.63, 3.8) is 0 Å². The predicted octanol–water partition coefficient (Wildman–Crippen LogP) is 2.02. The van der Waals surface area contributed by atoms with Crippen LogP contribution in [0, 0.1) is 0 Å². The zero-order valence-electron chi connectivity index (χ0n) is 9.22. The van der Waals surface area contributed by atoms with Crippen LogP contribution in [0.25, 0.3) is 10.1 Å². The Kier molecular flexibility index (Phi) is 4.44. The summed E-state index contributed by atoms with van der Waals surface area (Å²) in [6, 6.07) is 8.50. The number of alkyl halides is 3. The van der Waals surface area contributed by atoms with Crippen LogP contribution >= 0.6 is 10.5 Å². The van der Waals surface area contributed by atoms with Gasteiger partial charge in [-0.3, -0.25) is 0 Å². The monoisotopic (exact) mass is 280 g/mol. The quantitative estimate of drug-likeness (QED) is 0.739. The third-order valence-corrected chi connectivity index (χ3v) is 4.57. The minimum atomic E-state index is -4.15. The van der Waals surface area contributed by atoms with E-state index in [4.69, 9.17) is 0 Å². The van der Waals surface area contributed by atoms with E-state index in [0.717, 1.165) is 11.8 Å². The molecule has 0 aliphatic carbocycles. The second-order valence-corrected chi connectivity index (χ2v) is 5.69. The van der Waals surface area contributed by atoms with Gasteiger partial charge in [0, 0.05) is 17.9 Å². The Morgan fingerprint density at radius 2 is 1.82 bits per heavy atom. The fourth-order valence-electron chi connectivity index (χ4n) is 1.85. The third-order valence-electron chi connectivity index (χ3n) is 2.45. The molecular weight excluding hydrogens is 269 g/mol. The smallest absolute Gasteiger partial charge is 0.600 e. The minimum absolute atomic E-state index is 0. The normalized spacial score (nSPS) is 12.6. The maximum Gasteiger partial charge on any atom is 0.600 e. The molecule has 0 fully saturated rings. The Bertz CT molecular complexity index is 502. The van der Waals surface area contributed by atoms with Crippen molar-refractivity contribution in [3.8, 4) is 0 Å². The van der Waals surface area contributed by atoms with Crippen LogP contribution < -0.4 is 12.4 Å². The molecule has 1 aromatic heterocycles. The summed E-state index contributed by atoms with van der Waals surface area (Å²) in [5, 5.41) is 0.728. The first-order chi connectivity index (χ1) is 7.54. The van der Waals surface area contributed by atoms with E-state index < -0.39 is 16.0 Å². The molecule has 0 bridgehead atoms. The van der Waals surface area contributed by atoms with Gasteiger partial charge in [-0.1, -0.05) is 19.1 Å². The highest BCUT2D eigenvalue weighted by atomic mass is 35.5. The number of fused-ring (bicyclic) bond motifs is 1. The molecule has 0 saturated heterocycles. The Labute approximate surface area is 107 Å². The second-order valence-electron chi connectivity index (χ2n) is 3.65. The highest BCUT2D eigenvalue weighted by Gasteiger charge is 2.47. The van der Waals surface area contributed by atoms with Crippen molar-refractivity contribution in [2.24, 2.45) is 0 Å². The number of hydrogen-bond acceptors (Lipinski definition) is 0. The molecule has 0 amide bonds. The number of aryl methyl sites for hydroxylation is 1. The lowest BCUT2D eigenvalue weighted by atomic mass is 10.2. The lowest BCUT2D eigenvalue weighted by Crippen LogP contribution is -3.00. The molecule has 94 valence electrons. The van der Waals surface area contributed by atoms with E-state index in [-0.39, 0.29) is 12.4 Å². The van der Waals surface area contributed by atoms with Crippen LogP contribution in [0.5, 0.6) is 0 Å². The highest BCUT2D eigenvalue weighted by Crippen LogP contribution is 2.50. The van der Waals surface area contributed by atoms with Gasteiger partial charge in [-0.15, -0.1) is 13.2 Å². The molecule has 0 saturated carbocycles. The Hall–Kier alpha value is -0.740. The van der Waals surface area contributed by atoms with Crippen molar-refractivity contribution < 1.29 is 25.6 Å². The van der Waals surface area contributed by atoms with Gasteiger partial charge in [0.15, 0.2) is 9.58 Å². The average Bonchev–Trinajstić information content (AvgIpc) is 2.55. The molecule has 1 atom stereocenters. The lowest BCUT2D eigenvalue weighted by Gasteiger charge is -1.98. The van der Waals surface area contributed by atoms with Gasteiger partial charge in [-0.25, -0.2) is 0 Å². The molecule has 0 radical (unpaired) electrons. The zero-order chi connectivity index (χ0) is 11.8. The summed E-state index contributed by atoms with van der Waals surface area (Å²) in [5.41, 5.74) is -4.15. The fraction of sp³-hybridized carbons (Fsp3) is 0.333. The van der Waals surface area contributed by atoms with Crippen LogP contribution in [0.1, 0.15) is 18.2 Å². The Balaban J connectivity index is 0.00000144. The summed E-state index contributed by atoms with van der Waals surface area (Å²) in [6.07, 6.45) is 1.27. The molecule has 1 unspecified atom stereocenters. The average molecular weight is 281 g/mol. The van der Waals surface area contributed by atoms with E-state index in [1.807, 2.05) is 6.92 Å². The van der Waals surface area contributed by atoms with Crippen LogP contribution in [-0.2, 0) is 11.9 Å². The Morgan fingerprint density at radius 3 is 2.41 bits per heavy atom. The van der Waals surface area contributed by atoms with Crippen molar-refractivity contribution in [2.45, 2.75) is 25.3 Å². The summed E-state index contributed by atoms with van der Waals surface area (Å²) in [4.78, 5) is 0.524. The number of hydrogen-bond donors (Lipinski definition) is 0. The molecule has 0 spiro atoms. The van der Waals surface area contributed by atoms with Crippen molar-refractivity contribution in [1.29, 1.82) is 0 Å². The fourth-order valence-corrected chi connectivity index (χ4v) is 3.91. The summed E-state index contributed by atoms with van der Waals surface area (Å²) in [7, 11) is -1.70. The first kappa shape index (κ1) is 14.3. The first-order valence-corrected chi connectivity index (χ1v) is 6.37. The topological polar surface area (TPSA) is 0 Å². The second kappa shape index (κ2) is 5.27. The van der Waals surface area contributed by atoms with E-state index in [1.54, 1.807) is 30.3 Å². The molecule has 0 aliphatic rings. The van der Waals surface area contributed by atoms with Gasteiger partial charge in [0.2, 0.25) is 0 Å². The third kappa shape index (κ3) is 2.75. The molecule has 1 aromatic carbocycles. The number of thiophene rings is 1. The molecular formula is C12H12ClF3S. The van der Waals surface area contributed by atoms with Crippen LogP contribution in [0.2, 0.25) is 0 Å². The van der Waals surface area contributed by atoms with E-state index >= 15 is 0 Å². The van der Waals surface area contributed by atoms with Crippen molar-refractivity contribution in [1.82, 2.24) is 0 Å². The lowest BCUT2D eigenvalue weighted by molar-refractivity contribution is -0.0867. The van der Waals surface area contributed by atoms with Gasteiger partial charge in [0.1, 0.15) is 0 Å². The van der Waals surface area contributed by atoms with E-state index in [9.17, 15) is 13.2 Å². The summed E-state index contributed by atoms with van der Waals surface area (Å²) in [6.45, 7) is 1.90. The molecule has 17 heavy (non-hydrogen) atoms. The standard InChI is InChI=1S/C12H12F3S.ClH/c1-2-5-10-8-9-6-3-4-7-11(9)16(10)12(13,14)15;/h3-4,6-8H,2,5H2,1H3;1H/q+1;/p-1. The van der Waals surface area contributed by atoms with Crippen molar-refractivity contribution in [3.05, 3.63) is 35.2 Å². The molecule has 5 heteroatoms. The van der Waals surface area contributed by atoms with Crippen molar-refractivity contribution in [2.75, 3.05) is 0 Å². The first-order valence-electron chi connectivity index (χ1n) is 5.14. The molecule has 0 nitrogen and oxygen atoms in total. The largest absolute Gasteiger partial charge is 1.00 e. The van der Waals surface area contributed by atoms with E-state index in [1.165, 1.54) is 0 Å². The molecule has 2 rings (SSSR count). The maximum atomic E-state index is 13.0. The number of rotatable bonds is 2. The van der Waals surface area contributed by atoms with Gasteiger partial charge in [0.25, 0.3) is 0 Å². The maximum absolute atomic E-state index is 13.0. The van der Waals surface area contributed by atoms with Gasteiger partial charge < -0.3 is 12.4 Å². The van der Waals surface area contributed by atoms with E-state index in [0.29, 0.717) is 16.0 Å². The number of halogens is 4. The van der Waals surface area contributed by atoms with Crippen LogP contribution in [-0.4, -0.2) is 0 Å². The summed E-state index contributed by atoms with van der Waals surface area (Å²) >= 11 is 0. The van der Waals surface area contributed by atoms with E-state index in [2.05, 4.69) is 0 Å². The minimum Gasteiger partial charge on any atom is -1.00 e. The Morgan fingerprint density at radius 1 is 1.18 bits per heavy atom. The molecule has 2 aromatic rings. The van der Waals surface area contributed by atoms with Gasteiger partial charge in [-0.05, 0) is 18.6 Å². The van der Waals surface area contributed by atoms with Gasteiger partial charge >= 0.3 is 5.51 Å². The van der Waals surface area contributed by atoms with Gasteiger partial charge in [-0.2, -0.15) is 0 Å². The molecule has 1 heterocycles. The zero-order valence-corrected chi connectivity index (χ0v) is 10.8. The van der Waals surface area contributed by atoms with Crippen LogP contribution in [0.4, 0.5) is 13.2 Å². The van der Waals surface area contributed by atoms with Crippen LogP contribution in [0.3, 0.4) is 0 Å². The predicted molar refractivity (Wildman–Crippen MR) is 61.7 cm³/mol.